The minimum absolute atomic E-state index is 0.181. The van der Waals surface area contributed by atoms with E-state index in [1.165, 1.54) is 23.7 Å². The number of hydrogen-bond acceptors (Lipinski definition) is 5. The smallest absolute Gasteiger partial charge is 0.325 e. The number of carbonyl (C=O) groups is 1. The Kier molecular flexibility index (Phi) is 6.71. The van der Waals surface area contributed by atoms with E-state index in [1.54, 1.807) is 12.4 Å². The molecular weight excluding hydrogens is 332 g/mol. The zero-order chi connectivity index (χ0) is 19.1. The van der Waals surface area contributed by atoms with E-state index in [0.29, 0.717) is 11.6 Å². The van der Waals surface area contributed by atoms with Gasteiger partial charge in [0, 0.05) is 31.0 Å². The maximum Gasteiger partial charge on any atom is 0.325 e. The molecule has 0 saturated heterocycles. The molecule has 3 heterocycles. The van der Waals surface area contributed by atoms with E-state index in [-0.39, 0.29) is 6.54 Å². The molecule has 3 rings (SSSR count). The zero-order valence-corrected chi connectivity index (χ0v) is 15.7. The minimum Gasteiger partial charge on any atom is -0.480 e. The van der Waals surface area contributed by atoms with Gasteiger partial charge in [-0.15, -0.1) is 0 Å². The van der Waals surface area contributed by atoms with Crippen molar-refractivity contribution in [1.29, 1.82) is 0 Å². The Morgan fingerprint density at radius 2 is 2.12 bits per heavy atom. The number of aromatic nitrogens is 5. The predicted molar refractivity (Wildman–Crippen MR) is 101 cm³/mol. The molecule has 0 aliphatic rings. The number of nitrogens with one attached hydrogen (secondary N) is 1. The van der Waals surface area contributed by atoms with Crippen molar-refractivity contribution in [1.82, 2.24) is 24.3 Å². The van der Waals surface area contributed by atoms with E-state index in [2.05, 4.69) is 41.2 Å². The molecule has 8 nitrogen and oxygen atoms in total. The van der Waals surface area contributed by atoms with Gasteiger partial charge in [0.05, 0.1) is 11.9 Å². The van der Waals surface area contributed by atoms with Crippen LogP contribution in [0.1, 0.15) is 33.6 Å². The van der Waals surface area contributed by atoms with Crippen LogP contribution >= 0.6 is 0 Å². The van der Waals surface area contributed by atoms with Gasteiger partial charge in [0.2, 0.25) is 5.95 Å². The summed E-state index contributed by atoms with van der Waals surface area (Å²) >= 11 is 0. The average Bonchev–Trinajstić information content (AvgIpc) is 3.14. The first kappa shape index (κ1) is 19.4. The first-order valence-corrected chi connectivity index (χ1v) is 8.68. The molecule has 8 heteroatoms. The third kappa shape index (κ3) is 5.58. The lowest BCUT2D eigenvalue weighted by Gasteiger charge is -2.02. The quantitative estimate of drug-likeness (QED) is 0.700. The first-order chi connectivity index (χ1) is 12.4. The number of nitrogens with zero attached hydrogens (tertiary/aromatic N) is 5. The fraction of sp³-hybridized carbons (Fsp3) is 0.444. The predicted octanol–water partition coefficient (Wildman–Crippen LogP) is 3.44. The molecule has 2 N–H and O–H groups in total. The van der Waals surface area contributed by atoms with Gasteiger partial charge in [-0.3, -0.25) is 9.48 Å². The number of anilines is 2. The average molecular weight is 358 g/mol. The van der Waals surface area contributed by atoms with Crippen LogP contribution in [0.5, 0.6) is 0 Å². The van der Waals surface area contributed by atoms with Crippen molar-refractivity contribution < 1.29 is 9.90 Å². The highest BCUT2D eigenvalue weighted by atomic mass is 16.4. The van der Waals surface area contributed by atoms with Gasteiger partial charge in [-0.05, 0) is 12.0 Å². The number of fused-ring (bicyclic) bond motifs is 1. The number of aryl methyl sites for hydroxylation is 1. The van der Waals surface area contributed by atoms with Crippen molar-refractivity contribution in [3.05, 3.63) is 30.9 Å². The second-order valence-corrected chi connectivity index (χ2v) is 6.53. The fourth-order valence-corrected chi connectivity index (χ4v) is 2.46. The highest BCUT2D eigenvalue weighted by Crippen LogP contribution is 2.16. The van der Waals surface area contributed by atoms with Gasteiger partial charge in [-0.1, -0.05) is 33.6 Å². The number of aliphatic carboxylic acids is 1. The largest absolute Gasteiger partial charge is 0.480 e. The summed E-state index contributed by atoms with van der Waals surface area (Å²) in [7, 11) is 1.91. The SMILES string of the molecule is CCCC(C)C.Cn1ccc2cnc(Nc3cnn(CC(=O)O)c3)nc21. The Morgan fingerprint density at radius 3 is 2.73 bits per heavy atom. The molecule has 26 heavy (non-hydrogen) atoms. The normalized spacial score (nSPS) is 10.7. The number of rotatable bonds is 6. The highest BCUT2D eigenvalue weighted by Gasteiger charge is 2.06. The Balaban J connectivity index is 0.000000352. The molecule has 0 radical (unpaired) electrons. The van der Waals surface area contributed by atoms with Crippen molar-refractivity contribution in [3.8, 4) is 0 Å². The van der Waals surface area contributed by atoms with Gasteiger partial charge in [-0.25, -0.2) is 4.98 Å². The maximum atomic E-state index is 10.6. The molecule has 0 spiro atoms. The van der Waals surface area contributed by atoms with Crippen molar-refractivity contribution in [2.24, 2.45) is 13.0 Å². The van der Waals surface area contributed by atoms with Gasteiger partial charge in [0.1, 0.15) is 12.2 Å². The Bertz CT molecular complexity index is 852. The summed E-state index contributed by atoms with van der Waals surface area (Å²) in [6, 6.07) is 1.93. The molecule has 0 saturated carbocycles. The minimum atomic E-state index is -0.943. The lowest BCUT2D eigenvalue weighted by atomic mass is 10.1. The second kappa shape index (κ2) is 8.98. The topological polar surface area (TPSA) is 97.9 Å². The standard InChI is InChI=1S/C12H12N6O2.C6H14/c1-17-3-2-8-4-13-12(16-11(8)17)15-9-5-14-18(6-9)7-10(19)20;1-4-5-6(2)3/h2-6H,7H2,1H3,(H,19,20)(H,13,15,16);6H,4-5H2,1-3H3. The van der Waals surface area contributed by atoms with E-state index in [0.717, 1.165) is 17.0 Å². The number of carboxylic acid groups (broad SMARTS) is 1. The Labute approximate surface area is 152 Å². The molecule has 0 unspecified atom stereocenters. The molecule has 0 aromatic carbocycles. The summed E-state index contributed by atoms with van der Waals surface area (Å²) in [5, 5.41) is 16.6. The lowest BCUT2D eigenvalue weighted by Crippen LogP contribution is -2.08. The summed E-state index contributed by atoms with van der Waals surface area (Å²) < 4.78 is 3.22. The van der Waals surface area contributed by atoms with Crippen molar-refractivity contribution in [2.75, 3.05) is 5.32 Å². The summed E-state index contributed by atoms with van der Waals surface area (Å²) in [6.07, 6.45) is 9.46. The van der Waals surface area contributed by atoms with Crippen LogP contribution in [0.25, 0.3) is 11.0 Å². The molecule has 0 aliphatic heterocycles. The van der Waals surface area contributed by atoms with Crippen LogP contribution in [0.3, 0.4) is 0 Å². The Hall–Kier alpha value is -2.90. The molecule has 0 bridgehead atoms. The third-order valence-corrected chi connectivity index (χ3v) is 3.66. The third-order valence-electron chi connectivity index (χ3n) is 3.66. The van der Waals surface area contributed by atoms with Crippen molar-refractivity contribution in [2.45, 2.75) is 40.2 Å². The zero-order valence-electron chi connectivity index (χ0n) is 15.7. The molecule has 3 aromatic rings. The number of carboxylic acids is 1. The van der Waals surface area contributed by atoms with Gasteiger partial charge >= 0.3 is 5.97 Å². The van der Waals surface area contributed by atoms with Gasteiger partial charge in [-0.2, -0.15) is 10.1 Å². The second-order valence-electron chi connectivity index (χ2n) is 6.53. The van der Waals surface area contributed by atoms with Crippen molar-refractivity contribution >= 4 is 28.6 Å². The summed E-state index contributed by atoms with van der Waals surface area (Å²) in [5.41, 5.74) is 1.46. The molecule has 0 atom stereocenters. The molecular formula is C18H26N6O2. The van der Waals surface area contributed by atoms with Crippen molar-refractivity contribution in [3.63, 3.8) is 0 Å². The monoisotopic (exact) mass is 358 g/mol. The van der Waals surface area contributed by atoms with Crippen LogP contribution in [0.15, 0.2) is 30.9 Å². The van der Waals surface area contributed by atoms with Gasteiger partial charge < -0.3 is 15.0 Å². The fourth-order valence-electron chi connectivity index (χ4n) is 2.46. The summed E-state index contributed by atoms with van der Waals surface area (Å²) in [5.74, 6) is 0.394. The first-order valence-electron chi connectivity index (χ1n) is 8.68. The maximum absolute atomic E-state index is 10.6. The van der Waals surface area contributed by atoms with Crippen LogP contribution < -0.4 is 5.32 Å². The Morgan fingerprint density at radius 1 is 1.35 bits per heavy atom. The summed E-state index contributed by atoms with van der Waals surface area (Å²) in [6.45, 7) is 6.55. The molecule has 3 aromatic heterocycles. The lowest BCUT2D eigenvalue weighted by molar-refractivity contribution is -0.137. The van der Waals surface area contributed by atoms with Crippen LogP contribution in [-0.2, 0) is 18.4 Å². The van der Waals surface area contributed by atoms with E-state index >= 15 is 0 Å². The van der Waals surface area contributed by atoms with E-state index in [4.69, 9.17) is 5.11 Å². The molecule has 0 amide bonds. The molecule has 0 fully saturated rings. The molecule has 0 aliphatic carbocycles. The summed E-state index contributed by atoms with van der Waals surface area (Å²) in [4.78, 5) is 19.2. The van der Waals surface area contributed by atoms with Gasteiger partial charge in [0.25, 0.3) is 0 Å². The van der Waals surface area contributed by atoms with E-state index in [9.17, 15) is 4.79 Å². The van der Waals surface area contributed by atoms with Gasteiger partial charge in [0.15, 0.2) is 0 Å². The van der Waals surface area contributed by atoms with Crippen LogP contribution in [-0.4, -0.2) is 35.4 Å². The molecule has 140 valence electrons. The van der Waals surface area contributed by atoms with Crippen LogP contribution in [0.4, 0.5) is 11.6 Å². The highest BCUT2D eigenvalue weighted by molar-refractivity contribution is 5.76. The van der Waals surface area contributed by atoms with Crippen LogP contribution in [0, 0.1) is 5.92 Å². The van der Waals surface area contributed by atoms with E-state index in [1.807, 2.05) is 23.9 Å². The van der Waals surface area contributed by atoms with Crippen LogP contribution in [0.2, 0.25) is 0 Å². The van der Waals surface area contributed by atoms with E-state index < -0.39 is 5.97 Å². The number of hydrogen-bond donors (Lipinski definition) is 2.